The topological polar surface area (TPSA) is 103 Å². The van der Waals surface area contributed by atoms with Crippen molar-refractivity contribution in [2.45, 2.75) is 25.1 Å². The molecule has 1 aliphatic rings. The van der Waals surface area contributed by atoms with Gasteiger partial charge in [-0.05, 0) is 43.2 Å². The van der Waals surface area contributed by atoms with Crippen LogP contribution < -0.4 is 15.4 Å². The number of hydrogen-bond donors (Lipinski definition) is 2. The molecule has 8 nitrogen and oxygen atoms in total. The number of methoxy groups -OCH3 is 1. The summed E-state index contributed by atoms with van der Waals surface area (Å²) in [6.45, 7) is 0.244. The van der Waals surface area contributed by atoms with Crippen molar-refractivity contribution in [3.8, 4) is 5.75 Å². The average molecular weight is 439 g/mol. The van der Waals surface area contributed by atoms with Crippen molar-refractivity contribution >= 4 is 23.0 Å². The maximum atomic E-state index is 13.1. The summed E-state index contributed by atoms with van der Waals surface area (Å²) in [6, 6.07) is 6.70. The zero-order valence-corrected chi connectivity index (χ0v) is 16.5. The predicted octanol–water partition coefficient (Wildman–Crippen LogP) is 4.47. The number of nitro groups is 1. The van der Waals surface area contributed by atoms with E-state index in [9.17, 15) is 28.1 Å². The van der Waals surface area contributed by atoms with Crippen molar-refractivity contribution in [3.05, 3.63) is 57.6 Å². The summed E-state index contributed by atoms with van der Waals surface area (Å²) in [7, 11) is 1.44. The minimum Gasteiger partial charge on any atom is -0.489 e. The molecule has 1 aliphatic carbocycles. The highest BCUT2D eigenvalue weighted by Gasteiger charge is 2.32. The summed E-state index contributed by atoms with van der Waals surface area (Å²) in [5.41, 5.74) is -1.27. The van der Waals surface area contributed by atoms with Crippen LogP contribution in [-0.4, -0.2) is 37.2 Å². The lowest BCUT2D eigenvalue weighted by atomic mass is 10.1. The van der Waals surface area contributed by atoms with E-state index in [2.05, 4.69) is 10.6 Å². The molecule has 0 unspecified atom stereocenters. The molecule has 2 N–H and O–H groups in total. The fourth-order valence-corrected chi connectivity index (χ4v) is 2.75. The van der Waals surface area contributed by atoms with Crippen LogP contribution in [0.3, 0.4) is 0 Å². The molecule has 31 heavy (non-hydrogen) atoms. The monoisotopic (exact) mass is 439 g/mol. The Morgan fingerprint density at radius 2 is 1.90 bits per heavy atom. The van der Waals surface area contributed by atoms with Gasteiger partial charge in [-0.3, -0.25) is 14.9 Å². The first-order chi connectivity index (χ1) is 14.7. The highest BCUT2D eigenvalue weighted by atomic mass is 19.4. The zero-order valence-electron chi connectivity index (χ0n) is 16.5. The molecule has 1 fully saturated rings. The van der Waals surface area contributed by atoms with E-state index in [4.69, 9.17) is 9.47 Å². The van der Waals surface area contributed by atoms with Crippen LogP contribution >= 0.6 is 0 Å². The minimum absolute atomic E-state index is 0.0138. The van der Waals surface area contributed by atoms with Crippen molar-refractivity contribution in [1.29, 1.82) is 0 Å². The number of benzene rings is 2. The van der Waals surface area contributed by atoms with Gasteiger partial charge in [0.1, 0.15) is 18.0 Å². The molecule has 11 heteroatoms. The lowest BCUT2D eigenvalue weighted by Gasteiger charge is -2.15. The predicted molar refractivity (Wildman–Crippen MR) is 107 cm³/mol. The third-order valence-electron chi connectivity index (χ3n) is 4.49. The quantitative estimate of drug-likeness (QED) is 0.340. The second kappa shape index (κ2) is 9.21. The van der Waals surface area contributed by atoms with E-state index in [1.165, 1.54) is 19.2 Å². The third-order valence-corrected chi connectivity index (χ3v) is 4.49. The molecular weight excluding hydrogens is 419 g/mol. The van der Waals surface area contributed by atoms with Crippen molar-refractivity contribution < 1.29 is 32.4 Å². The van der Waals surface area contributed by atoms with Crippen LogP contribution in [0, 0.1) is 10.1 Å². The summed E-state index contributed by atoms with van der Waals surface area (Å²) in [5, 5.41) is 16.8. The van der Waals surface area contributed by atoms with Crippen LogP contribution in [0.15, 0.2) is 36.4 Å². The molecular formula is C20H20F3N3O5. The first kappa shape index (κ1) is 22.3. The number of nitrogens with one attached hydrogen (secondary N) is 2. The summed E-state index contributed by atoms with van der Waals surface area (Å²) >= 11 is 0. The van der Waals surface area contributed by atoms with Crippen LogP contribution in [0.1, 0.15) is 28.8 Å². The maximum Gasteiger partial charge on any atom is 0.416 e. The maximum absolute atomic E-state index is 13.1. The number of rotatable bonds is 9. The molecule has 1 saturated carbocycles. The Labute approximate surface area is 175 Å². The van der Waals surface area contributed by atoms with Crippen molar-refractivity contribution in [2.75, 3.05) is 31.0 Å². The van der Waals surface area contributed by atoms with Gasteiger partial charge >= 0.3 is 6.18 Å². The molecule has 1 amide bonds. The number of alkyl halides is 3. The number of nitrogens with zero attached hydrogens (tertiary/aromatic N) is 1. The number of nitro benzene ring substituents is 1. The van der Waals surface area contributed by atoms with E-state index in [-0.39, 0.29) is 47.6 Å². The van der Waals surface area contributed by atoms with E-state index < -0.39 is 22.6 Å². The molecule has 0 bridgehead atoms. The Hall–Kier alpha value is -3.34. The van der Waals surface area contributed by atoms with Gasteiger partial charge in [0.2, 0.25) is 0 Å². The summed E-state index contributed by atoms with van der Waals surface area (Å²) in [6.07, 6.45) is -2.82. The van der Waals surface area contributed by atoms with Crippen LogP contribution in [0.4, 0.5) is 30.2 Å². The first-order valence-electron chi connectivity index (χ1n) is 9.38. The lowest BCUT2D eigenvalue weighted by molar-refractivity contribution is -0.384. The summed E-state index contributed by atoms with van der Waals surface area (Å²) < 4.78 is 49.6. The lowest BCUT2D eigenvalue weighted by Crippen LogP contribution is -2.16. The van der Waals surface area contributed by atoms with Crippen molar-refractivity contribution in [2.24, 2.45) is 0 Å². The Kier molecular flexibility index (Phi) is 6.64. The normalized spacial score (nSPS) is 13.5. The second-order valence-electron chi connectivity index (χ2n) is 6.91. The fraction of sp³-hybridized carbons (Fsp3) is 0.350. The standard InChI is InChI=1S/C20H20F3N3O5/c1-30-8-9-31-18-7-3-13(20(21,22)23)11-16(18)25-19(27)12-2-6-15(24-14-4-5-14)17(10-12)26(28)29/h2-3,6-7,10-11,14,24H,4-5,8-9H2,1H3,(H,25,27). The Morgan fingerprint density at radius 1 is 1.16 bits per heavy atom. The number of ether oxygens (including phenoxy) is 2. The van der Waals surface area contributed by atoms with Gasteiger partial charge in [0.05, 0.1) is 22.8 Å². The molecule has 0 aliphatic heterocycles. The highest BCUT2D eigenvalue weighted by molar-refractivity contribution is 6.06. The molecule has 0 spiro atoms. The van der Waals surface area contributed by atoms with E-state index in [1.807, 2.05) is 0 Å². The highest BCUT2D eigenvalue weighted by Crippen LogP contribution is 2.36. The van der Waals surface area contributed by atoms with Gasteiger partial charge in [-0.2, -0.15) is 13.2 Å². The molecule has 0 aromatic heterocycles. The number of carbonyl (C=O) groups is 1. The largest absolute Gasteiger partial charge is 0.489 e. The summed E-state index contributed by atoms with van der Waals surface area (Å²) in [4.78, 5) is 23.4. The van der Waals surface area contributed by atoms with Crippen LogP contribution in [0.25, 0.3) is 0 Å². The number of hydrogen-bond acceptors (Lipinski definition) is 6. The van der Waals surface area contributed by atoms with Crippen LogP contribution in [0.5, 0.6) is 5.75 Å². The van der Waals surface area contributed by atoms with E-state index >= 15 is 0 Å². The number of halogens is 3. The van der Waals surface area contributed by atoms with Crippen LogP contribution in [0.2, 0.25) is 0 Å². The van der Waals surface area contributed by atoms with E-state index in [1.54, 1.807) is 0 Å². The third kappa shape index (κ3) is 5.85. The number of amides is 1. The molecule has 166 valence electrons. The summed E-state index contributed by atoms with van der Waals surface area (Å²) in [5.74, 6) is -0.795. The van der Waals surface area contributed by atoms with Gasteiger partial charge in [-0.15, -0.1) is 0 Å². The first-order valence-corrected chi connectivity index (χ1v) is 9.38. The molecule has 0 saturated heterocycles. The number of anilines is 2. The average Bonchev–Trinajstić information content (AvgIpc) is 3.52. The second-order valence-corrected chi connectivity index (χ2v) is 6.91. The van der Waals surface area contributed by atoms with Gasteiger partial charge in [0.15, 0.2) is 0 Å². The molecule has 0 heterocycles. The Bertz CT molecular complexity index is 977. The van der Waals surface area contributed by atoms with Crippen molar-refractivity contribution in [1.82, 2.24) is 0 Å². The van der Waals surface area contributed by atoms with E-state index in [0.29, 0.717) is 0 Å². The van der Waals surface area contributed by atoms with Gasteiger partial charge in [0, 0.05) is 24.8 Å². The molecule has 0 atom stereocenters. The van der Waals surface area contributed by atoms with Crippen molar-refractivity contribution in [3.63, 3.8) is 0 Å². The smallest absolute Gasteiger partial charge is 0.416 e. The van der Waals surface area contributed by atoms with Crippen LogP contribution in [-0.2, 0) is 10.9 Å². The molecule has 0 radical (unpaired) electrons. The molecule has 2 aromatic rings. The van der Waals surface area contributed by atoms with E-state index in [0.717, 1.165) is 37.1 Å². The van der Waals surface area contributed by atoms with Gasteiger partial charge < -0.3 is 20.1 Å². The minimum atomic E-state index is -4.63. The van der Waals surface area contributed by atoms with Gasteiger partial charge in [0.25, 0.3) is 11.6 Å². The Balaban J connectivity index is 1.86. The fourth-order valence-electron chi connectivity index (χ4n) is 2.75. The Morgan fingerprint density at radius 3 is 2.52 bits per heavy atom. The SMILES string of the molecule is COCCOc1ccc(C(F)(F)F)cc1NC(=O)c1ccc(NC2CC2)c([N+](=O)[O-])c1. The van der Waals surface area contributed by atoms with Gasteiger partial charge in [-0.1, -0.05) is 0 Å². The zero-order chi connectivity index (χ0) is 22.6. The number of carbonyl (C=O) groups excluding carboxylic acids is 1. The molecule has 2 aromatic carbocycles. The van der Waals surface area contributed by atoms with Gasteiger partial charge in [-0.25, -0.2) is 0 Å². The molecule has 3 rings (SSSR count).